The van der Waals surface area contributed by atoms with Gasteiger partial charge in [-0.1, -0.05) is 58.9 Å². The van der Waals surface area contributed by atoms with E-state index in [-0.39, 0.29) is 96.9 Å². The molecule has 0 saturated carbocycles. The largest absolute Gasteiger partial charge is 0.407 e. The number of nitrogens with one attached hydrogen (secondary N) is 1. The van der Waals surface area contributed by atoms with Crippen LogP contribution in [0.2, 0.25) is 0 Å². The second-order valence-electron chi connectivity index (χ2n) is 33.7. The molecule has 4 fully saturated rings. The number of anilines is 1. The van der Waals surface area contributed by atoms with Crippen molar-refractivity contribution in [1.29, 1.82) is 0 Å². The molecule has 11 heterocycles. The number of hydrogen-bond donors (Lipinski definition) is 9. The summed E-state index contributed by atoms with van der Waals surface area (Å²) in [6.45, 7) is 11.7. The first kappa shape index (κ1) is 113. The number of carbonyl (C=O) groups is 6. The predicted octanol–water partition coefficient (Wildman–Crippen LogP) is 5.09. The van der Waals surface area contributed by atoms with E-state index in [1.807, 2.05) is 0 Å². The second kappa shape index (κ2) is 47.6. The van der Waals surface area contributed by atoms with E-state index >= 15 is 0 Å². The second-order valence-corrected chi connectivity index (χ2v) is 47.8. The van der Waals surface area contributed by atoms with Gasteiger partial charge in [-0.2, -0.15) is 4.98 Å². The Morgan fingerprint density at radius 1 is 0.446 bits per heavy atom. The summed E-state index contributed by atoms with van der Waals surface area (Å²) in [5.41, 5.74) is -2.89. The SMILES string of the molecule is C#Cc1cn([C@@H]2O[C@H](COP(=O)(OCCSC(C)=O)N(C)C)[C@@H](O)[C@@]2(C)O)c2ncnc(C)c12.C#Cc1cn([C@@H]2O[C@H](COP(=O)(OCCSC(C)=O)N(C)C)[C@@H](O)[C@@]2(C)O)c2ncnc(NC)c12.CC(=O)SCCOP(=O)(OC[C@H]1O[C@@H](n2cc3c(nc2=O)CC(=O)C=C3)[C@](C)(O)[C@@H]1O)N(C)C.CC(=O)SCCOP(=O)(OC[C@H]1O[C@@H](n2cc3c4c(ncnc42)CC(=O)C=C3)[C@](C)(O)[C@@H]1O)N(C)C. The molecule has 9 N–H and O–H groups in total. The first-order chi connectivity index (χ1) is 65.2. The lowest BCUT2D eigenvalue weighted by molar-refractivity contribution is -0.114. The monoisotopic (exact) mass is 2100 g/mol. The van der Waals surface area contributed by atoms with Gasteiger partial charge in [-0.15, -0.1) is 12.8 Å². The Morgan fingerprint density at radius 2 is 0.748 bits per heavy atom. The van der Waals surface area contributed by atoms with E-state index < -0.39 is 139 Å². The molecule has 0 spiro atoms. The van der Waals surface area contributed by atoms with Crippen LogP contribution in [0.1, 0.15) is 120 Å². The van der Waals surface area contributed by atoms with Gasteiger partial charge in [-0.25, -0.2) is 71.6 Å². The quantitative estimate of drug-likeness (QED) is 0.0139. The molecule has 0 amide bonds. The number of aliphatic hydroxyl groups excluding tert-OH is 4. The molecule has 4 aliphatic heterocycles. The van der Waals surface area contributed by atoms with Crippen LogP contribution in [-0.4, -0.2) is 355 Å². The van der Waals surface area contributed by atoms with Crippen LogP contribution in [0.4, 0.5) is 5.82 Å². The first-order valence-corrected chi connectivity index (χ1v) is 52.8. The number of allylic oxidation sites excluding steroid dienone is 2. The Balaban J connectivity index is 0.000000191. The highest BCUT2D eigenvalue weighted by Gasteiger charge is 2.59. The van der Waals surface area contributed by atoms with Crippen molar-refractivity contribution in [3.63, 3.8) is 0 Å². The van der Waals surface area contributed by atoms with Crippen molar-refractivity contribution in [2.45, 2.75) is 171 Å². The number of aryl methyl sites for hydroxylation is 1. The smallest absolute Gasteiger partial charge is 0.387 e. The van der Waals surface area contributed by atoms with Crippen molar-refractivity contribution in [3.05, 3.63) is 106 Å². The summed E-state index contributed by atoms with van der Waals surface area (Å²) >= 11 is 4.15. The van der Waals surface area contributed by atoms with Crippen LogP contribution < -0.4 is 11.0 Å². The van der Waals surface area contributed by atoms with Gasteiger partial charge in [0.1, 0.15) is 113 Å². The number of nitrogens with zero attached hydrogens (tertiary/aromatic N) is 15. The van der Waals surface area contributed by atoms with Gasteiger partial charge in [-0.05, 0) is 115 Å². The number of thioether (sulfide) groups is 4. The molecule has 762 valence electrons. The van der Waals surface area contributed by atoms with Crippen LogP contribution in [0.15, 0.2) is 60.7 Å². The summed E-state index contributed by atoms with van der Waals surface area (Å²) in [5.74, 6) is 6.63. The molecular weight excluding hydrogens is 1980 g/mol. The Hall–Kier alpha value is -7.48. The fraction of sp³-hybridized carbons (Fsp3) is 0.571. The predicted molar refractivity (Wildman–Crippen MR) is 514 cm³/mol. The fourth-order valence-electron chi connectivity index (χ4n) is 15.1. The molecule has 0 radical (unpaired) electrons. The minimum atomic E-state index is -3.78. The summed E-state index contributed by atoms with van der Waals surface area (Å²) in [6.07, 6.45) is 13.4. The summed E-state index contributed by atoms with van der Waals surface area (Å²) in [5, 5.41) is 92.2. The highest BCUT2D eigenvalue weighted by molar-refractivity contribution is 8.14. The molecule has 47 nitrogen and oxygen atoms in total. The summed E-state index contributed by atoms with van der Waals surface area (Å²) in [4.78, 5) is 110. The minimum absolute atomic E-state index is 0.00629. The van der Waals surface area contributed by atoms with E-state index in [0.29, 0.717) is 95.5 Å². The van der Waals surface area contributed by atoms with E-state index in [0.717, 1.165) is 51.6 Å². The van der Waals surface area contributed by atoms with Gasteiger partial charge in [0.15, 0.2) is 56.9 Å². The average Bonchev–Trinajstić information content (AvgIpc) is 1.55. The summed E-state index contributed by atoms with van der Waals surface area (Å²) < 4.78 is 131. The van der Waals surface area contributed by atoms with Gasteiger partial charge in [0.25, 0.3) is 0 Å². The number of aromatic nitrogens is 11. The van der Waals surface area contributed by atoms with Crippen LogP contribution in [0.5, 0.6) is 0 Å². The average molecular weight is 2100 g/mol. The zero-order valence-corrected chi connectivity index (χ0v) is 86.3. The molecule has 7 aromatic heterocycles. The third kappa shape index (κ3) is 26.3. The Morgan fingerprint density at radius 3 is 1.09 bits per heavy atom. The van der Waals surface area contributed by atoms with Gasteiger partial charge >= 0.3 is 36.7 Å². The van der Waals surface area contributed by atoms with Crippen molar-refractivity contribution in [3.8, 4) is 24.7 Å². The zero-order chi connectivity index (χ0) is 103. The van der Waals surface area contributed by atoms with Crippen molar-refractivity contribution in [1.82, 2.24) is 71.8 Å². The number of terminal acetylenes is 2. The van der Waals surface area contributed by atoms with Gasteiger partial charge < -0.3 is 78.8 Å². The maximum absolute atomic E-state index is 13.2. The van der Waals surface area contributed by atoms with Crippen molar-refractivity contribution >= 4 is 161 Å². The van der Waals surface area contributed by atoms with Gasteiger partial charge in [0.05, 0.1) is 105 Å². The normalized spacial score (nSPS) is 27.1. The molecule has 55 heteroatoms. The van der Waals surface area contributed by atoms with Gasteiger partial charge in [-0.3, -0.25) is 69.5 Å². The third-order valence-corrected chi connectivity index (χ3v) is 33.5. The maximum atomic E-state index is 13.2. The van der Waals surface area contributed by atoms with Crippen molar-refractivity contribution in [2.75, 3.05) is 145 Å². The van der Waals surface area contributed by atoms with E-state index in [2.05, 4.69) is 52.0 Å². The lowest BCUT2D eigenvalue weighted by Crippen LogP contribution is -2.46. The third-order valence-electron chi connectivity index (χ3n) is 22.5. The van der Waals surface area contributed by atoms with Crippen LogP contribution >= 0.6 is 78.0 Å². The molecule has 20 atom stereocenters. The number of rotatable bonds is 37. The van der Waals surface area contributed by atoms with E-state index in [1.165, 1.54) is 178 Å². The molecule has 139 heavy (non-hydrogen) atoms. The van der Waals surface area contributed by atoms with Crippen LogP contribution in [-0.2, 0) is 115 Å². The number of hydrogen-bond acceptors (Lipinski definition) is 43. The van der Waals surface area contributed by atoms with Crippen LogP contribution in [0.25, 0.3) is 45.3 Å². The Kier molecular flexibility index (Phi) is 38.8. The van der Waals surface area contributed by atoms with E-state index in [9.17, 15) is 92.7 Å². The Labute approximate surface area is 817 Å². The molecule has 13 rings (SSSR count). The highest BCUT2D eigenvalue weighted by Crippen LogP contribution is 2.56. The van der Waals surface area contributed by atoms with Gasteiger partial charge in [0.2, 0.25) is 0 Å². The molecule has 0 bridgehead atoms. The molecule has 2 aliphatic carbocycles. The first-order valence-electron chi connectivity index (χ1n) is 42.9. The molecule has 0 aromatic carbocycles. The minimum Gasteiger partial charge on any atom is -0.387 e. The fourth-order valence-corrected chi connectivity index (χ4v) is 22.2. The zero-order valence-electron chi connectivity index (χ0n) is 79.4. The highest BCUT2D eigenvalue weighted by atomic mass is 32.2. The topological polar surface area (TPSA) is 595 Å². The van der Waals surface area contributed by atoms with E-state index in [1.54, 1.807) is 47.8 Å². The lowest BCUT2D eigenvalue weighted by atomic mass is 9.96. The molecule has 7 aromatic rings. The number of ether oxygens (including phenoxy) is 4. The summed E-state index contributed by atoms with van der Waals surface area (Å²) in [7, 11) is -1.17. The standard InChI is InChI=1S/C22H29N4O8PS.C21H30N5O7PS.C21H29N4O7PS.C20H28N3O9PS/c1-13(27)36-8-7-32-35(31,25(3)4)33-11-17-19(29)22(2,30)21(34-17)26-10-14-5-6-15(28)9-16-18(14)20(26)24-12-23-16;1-7-14-10-26(19-16(14)18(22-4)23-12-24-19)20-21(3,29)17(28)15(33-20)11-32-34(30,25(5)6)31-8-9-35-13(2)27;1-7-15-10-25(19-17(15)13(2)22-12-23-19)20-21(4,28)18(27)16(32-20)11-31-33(29,24(5)6)30-8-9-34-14(3)26;1-12(24)34-8-7-30-33(29,22(3)4)31-11-16-17(26)20(2,28)18(32-16)23-10-13-5-6-14(25)9-15(13)21-19(23)27/h5-6,10,12,17,19,21,29-30H,7-9,11H2,1-4H3;1,10,12,15,17,20,28-29H,8-9,11H2,2-6H3,(H,22,23,24);1,10,12,16,18,20,27-28H,8-9,11H2,2-6H3;5-6,10,16-18,26,28H,7-9,11H2,1-4H3/t17-,19-,21-,22-,35?;15-,17-,20-,21-,34?;16-,18-,20-,21-,33?;16-,17-,18-,20-,33?/m1111/s1. The Bertz CT molecular complexity index is 6080. The van der Waals surface area contributed by atoms with Crippen LogP contribution in [0, 0.1) is 31.6 Å². The number of aliphatic hydroxyl groups is 8. The number of ketones is 2. The summed E-state index contributed by atoms with van der Waals surface area (Å²) in [6, 6.07) is 0. The number of carbonyl (C=O) groups excluding carboxylic acids is 6. The van der Waals surface area contributed by atoms with Crippen molar-refractivity contribution < 1.29 is 143 Å². The molecule has 4 saturated heterocycles. The number of fused-ring (bicyclic) bond motifs is 3. The molecule has 4 unspecified atom stereocenters. The van der Waals surface area contributed by atoms with Crippen LogP contribution in [0.3, 0.4) is 0 Å². The molecular formula is C84H116N16O31P4S4. The molecule has 6 aliphatic rings. The van der Waals surface area contributed by atoms with E-state index in [4.69, 9.17) is 68.0 Å². The van der Waals surface area contributed by atoms with Crippen molar-refractivity contribution in [2.24, 2.45) is 0 Å². The lowest BCUT2D eigenvalue weighted by Gasteiger charge is -2.28. The van der Waals surface area contributed by atoms with Gasteiger partial charge in [0, 0.05) is 99.1 Å². The maximum Gasteiger partial charge on any atom is 0.407 e.